The standard InChI is InChI=1S/C20H25NO3S/c1-15(2)24-19-10-4-16(5-11-19)12-21-20(22)14-25-13-17-6-8-18(23-3)9-7-17/h4-11,15H,12-14H2,1-3H3,(H,21,22). The fourth-order valence-corrected chi connectivity index (χ4v) is 3.01. The first-order valence-electron chi connectivity index (χ1n) is 8.30. The molecular weight excluding hydrogens is 334 g/mol. The molecule has 4 nitrogen and oxygen atoms in total. The molecule has 0 aliphatic heterocycles. The third kappa shape index (κ3) is 7.10. The Morgan fingerprint density at radius 2 is 1.60 bits per heavy atom. The molecular formula is C20H25NO3S. The molecule has 0 unspecified atom stereocenters. The summed E-state index contributed by atoms with van der Waals surface area (Å²) in [4.78, 5) is 11.9. The number of carbonyl (C=O) groups excluding carboxylic acids is 1. The molecule has 2 aromatic rings. The fourth-order valence-electron chi connectivity index (χ4n) is 2.19. The van der Waals surface area contributed by atoms with E-state index in [9.17, 15) is 4.79 Å². The number of amides is 1. The topological polar surface area (TPSA) is 47.6 Å². The van der Waals surface area contributed by atoms with Crippen LogP contribution in [0.3, 0.4) is 0 Å². The molecule has 0 spiro atoms. The van der Waals surface area contributed by atoms with E-state index in [0.29, 0.717) is 12.3 Å². The van der Waals surface area contributed by atoms with Crippen LogP contribution in [-0.4, -0.2) is 24.9 Å². The van der Waals surface area contributed by atoms with E-state index in [2.05, 4.69) is 5.32 Å². The van der Waals surface area contributed by atoms with Gasteiger partial charge in [-0.3, -0.25) is 4.79 Å². The SMILES string of the molecule is COc1ccc(CSCC(=O)NCc2ccc(OC(C)C)cc2)cc1. The van der Waals surface area contributed by atoms with E-state index in [1.54, 1.807) is 18.9 Å². The third-order valence-electron chi connectivity index (χ3n) is 3.45. The van der Waals surface area contributed by atoms with Crippen molar-refractivity contribution >= 4 is 17.7 Å². The molecule has 0 atom stereocenters. The number of carbonyl (C=O) groups is 1. The van der Waals surface area contributed by atoms with Crippen LogP contribution in [-0.2, 0) is 17.1 Å². The number of rotatable bonds is 9. The summed E-state index contributed by atoms with van der Waals surface area (Å²) in [6.07, 6.45) is 0.160. The van der Waals surface area contributed by atoms with Crippen molar-refractivity contribution in [2.75, 3.05) is 12.9 Å². The summed E-state index contributed by atoms with van der Waals surface area (Å²) in [5, 5.41) is 2.94. The molecule has 1 N–H and O–H groups in total. The zero-order chi connectivity index (χ0) is 18.1. The Bertz CT molecular complexity index is 654. The van der Waals surface area contributed by atoms with E-state index in [-0.39, 0.29) is 12.0 Å². The van der Waals surface area contributed by atoms with Gasteiger partial charge < -0.3 is 14.8 Å². The van der Waals surface area contributed by atoms with E-state index in [1.165, 1.54) is 5.56 Å². The molecule has 0 aliphatic carbocycles. The number of methoxy groups -OCH3 is 1. The van der Waals surface area contributed by atoms with E-state index in [0.717, 1.165) is 22.8 Å². The first-order valence-corrected chi connectivity index (χ1v) is 9.45. The lowest BCUT2D eigenvalue weighted by Crippen LogP contribution is -2.24. The van der Waals surface area contributed by atoms with Crippen molar-refractivity contribution in [3.63, 3.8) is 0 Å². The molecule has 0 saturated carbocycles. The highest BCUT2D eigenvalue weighted by atomic mass is 32.2. The van der Waals surface area contributed by atoms with Gasteiger partial charge in [0.1, 0.15) is 11.5 Å². The monoisotopic (exact) mass is 359 g/mol. The fraction of sp³-hybridized carbons (Fsp3) is 0.350. The number of hydrogen-bond donors (Lipinski definition) is 1. The summed E-state index contributed by atoms with van der Waals surface area (Å²) in [6, 6.07) is 15.7. The molecule has 0 aromatic heterocycles. The van der Waals surface area contributed by atoms with Crippen LogP contribution in [0.25, 0.3) is 0 Å². The Morgan fingerprint density at radius 3 is 2.20 bits per heavy atom. The van der Waals surface area contributed by atoms with Gasteiger partial charge in [-0.1, -0.05) is 24.3 Å². The van der Waals surface area contributed by atoms with Crippen LogP contribution in [0.2, 0.25) is 0 Å². The molecule has 0 heterocycles. The summed E-state index contributed by atoms with van der Waals surface area (Å²) in [6.45, 7) is 4.53. The number of ether oxygens (including phenoxy) is 2. The number of benzene rings is 2. The average molecular weight is 359 g/mol. The van der Waals surface area contributed by atoms with Gasteiger partial charge in [0.05, 0.1) is 19.0 Å². The Morgan fingerprint density at radius 1 is 1.00 bits per heavy atom. The van der Waals surface area contributed by atoms with Crippen LogP contribution in [0, 0.1) is 0 Å². The maximum absolute atomic E-state index is 11.9. The summed E-state index contributed by atoms with van der Waals surface area (Å²) in [7, 11) is 1.65. The Balaban J connectivity index is 1.67. The maximum atomic E-state index is 11.9. The van der Waals surface area contributed by atoms with E-state index >= 15 is 0 Å². The molecule has 0 fully saturated rings. The Kier molecular flexibility index (Phi) is 7.67. The highest BCUT2D eigenvalue weighted by Gasteiger charge is 2.03. The molecule has 25 heavy (non-hydrogen) atoms. The normalized spacial score (nSPS) is 10.6. The molecule has 2 rings (SSSR count). The van der Waals surface area contributed by atoms with Gasteiger partial charge in [-0.15, -0.1) is 11.8 Å². The van der Waals surface area contributed by atoms with E-state index in [4.69, 9.17) is 9.47 Å². The van der Waals surface area contributed by atoms with Crippen molar-refractivity contribution < 1.29 is 14.3 Å². The van der Waals surface area contributed by atoms with Crippen LogP contribution < -0.4 is 14.8 Å². The lowest BCUT2D eigenvalue weighted by Gasteiger charge is -2.10. The summed E-state index contributed by atoms with van der Waals surface area (Å²) in [5.41, 5.74) is 2.24. The van der Waals surface area contributed by atoms with E-state index in [1.807, 2.05) is 62.4 Å². The molecule has 0 radical (unpaired) electrons. The van der Waals surface area contributed by atoms with Crippen molar-refractivity contribution in [1.82, 2.24) is 5.32 Å². The van der Waals surface area contributed by atoms with Crippen molar-refractivity contribution in [3.05, 3.63) is 59.7 Å². The van der Waals surface area contributed by atoms with Crippen LogP contribution in [0.15, 0.2) is 48.5 Å². The molecule has 0 aliphatic rings. The maximum Gasteiger partial charge on any atom is 0.230 e. The third-order valence-corrected chi connectivity index (χ3v) is 4.45. The first-order chi connectivity index (χ1) is 12.1. The highest BCUT2D eigenvalue weighted by molar-refractivity contribution is 7.99. The minimum atomic E-state index is 0.0426. The van der Waals surface area contributed by atoms with Crippen LogP contribution in [0.1, 0.15) is 25.0 Å². The second kappa shape index (κ2) is 9.99. The lowest BCUT2D eigenvalue weighted by atomic mass is 10.2. The van der Waals surface area contributed by atoms with Crippen molar-refractivity contribution in [1.29, 1.82) is 0 Å². The van der Waals surface area contributed by atoms with Gasteiger partial charge in [0.25, 0.3) is 0 Å². The van der Waals surface area contributed by atoms with Crippen LogP contribution >= 0.6 is 11.8 Å². The summed E-state index contributed by atoms with van der Waals surface area (Å²) in [5.74, 6) is 2.98. The van der Waals surface area contributed by atoms with Gasteiger partial charge in [-0.2, -0.15) is 0 Å². The lowest BCUT2D eigenvalue weighted by molar-refractivity contribution is -0.118. The van der Waals surface area contributed by atoms with Crippen LogP contribution in [0.4, 0.5) is 0 Å². The first kappa shape index (κ1) is 19.2. The quantitative estimate of drug-likeness (QED) is 0.734. The molecule has 5 heteroatoms. The second-order valence-electron chi connectivity index (χ2n) is 5.93. The zero-order valence-corrected chi connectivity index (χ0v) is 15.8. The summed E-state index contributed by atoms with van der Waals surface area (Å²) >= 11 is 1.60. The van der Waals surface area contributed by atoms with Crippen LogP contribution in [0.5, 0.6) is 11.5 Å². The van der Waals surface area contributed by atoms with Gasteiger partial charge in [-0.25, -0.2) is 0 Å². The minimum absolute atomic E-state index is 0.0426. The minimum Gasteiger partial charge on any atom is -0.497 e. The molecule has 1 amide bonds. The van der Waals surface area contributed by atoms with Gasteiger partial charge in [0, 0.05) is 12.3 Å². The number of nitrogens with one attached hydrogen (secondary N) is 1. The number of hydrogen-bond acceptors (Lipinski definition) is 4. The van der Waals surface area contributed by atoms with Crippen molar-refractivity contribution in [2.24, 2.45) is 0 Å². The van der Waals surface area contributed by atoms with E-state index < -0.39 is 0 Å². The smallest absolute Gasteiger partial charge is 0.230 e. The second-order valence-corrected chi connectivity index (χ2v) is 6.91. The van der Waals surface area contributed by atoms with Crippen molar-refractivity contribution in [3.8, 4) is 11.5 Å². The van der Waals surface area contributed by atoms with Gasteiger partial charge in [0.2, 0.25) is 5.91 Å². The largest absolute Gasteiger partial charge is 0.497 e. The van der Waals surface area contributed by atoms with Gasteiger partial charge >= 0.3 is 0 Å². The summed E-state index contributed by atoms with van der Waals surface area (Å²) < 4.78 is 10.7. The van der Waals surface area contributed by atoms with Crippen molar-refractivity contribution in [2.45, 2.75) is 32.2 Å². The predicted octanol–water partition coefficient (Wildman–Crippen LogP) is 4.03. The number of thioether (sulfide) groups is 1. The van der Waals surface area contributed by atoms with Gasteiger partial charge in [-0.05, 0) is 49.2 Å². The predicted molar refractivity (Wildman–Crippen MR) is 103 cm³/mol. The van der Waals surface area contributed by atoms with Gasteiger partial charge in [0.15, 0.2) is 0 Å². The zero-order valence-electron chi connectivity index (χ0n) is 15.0. The Hall–Kier alpha value is -2.14. The Labute approximate surface area is 153 Å². The average Bonchev–Trinajstić information content (AvgIpc) is 2.61. The molecule has 0 saturated heterocycles. The highest BCUT2D eigenvalue weighted by Crippen LogP contribution is 2.17. The molecule has 134 valence electrons. The molecule has 0 bridgehead atoms. The molecule has 2 aromatic carbocycles.